The molecule has 1 amide bonds. The molecule has 0 spiro atoms. The van der Waals surface area contributed by atoms with Crippen LogP contribution in [-0.2, 0) is 9.59 Å². The Morgan fingerprint density at radius 3 is 2.66 bits per heavy atom. The van der Waals surface area contributed by atoms with Crippen molar-refractivity contribution in [1.82, 2.24) is 15.5 Å². The molecule has 1 saturated carbocycles. The number of hydrogen-bond acceptors (Lipinski definition) is 5. The lowest BCUT2D eigenvalue weighted by molar-refractivity contribution is -0.145. The molecule has 2 heterocycles. The van der Waals surface area contributed by atoms with Gasteiger partial charge in [-0.25, -0.2) is 0 Å². The number of likely N-dealkylation sites (tertiary alicyclic amines) is 1. The van der Waals surface area contributed by atoms with Crippen LogP contribution in [0.15, 0.2) is 23.5 Å². The smallest absolute Gasteiger partial charge is 0.306 e. The predicted octanol–water partition coefficient (Wildman–Crippen LogP) is 3.32. The molecule has 3 unspecified atom stereocenters. The van der Waals surface area contributed by atoms with Crippen LogP contribution < -0.4 is 10.6 Å². The number of allylic oxidation sites excluding steroid dienone is 2. The molecule has 3 atom stereocenters. The number of nitrogens with zero attached hydrogens (tertiary/aromatic N) is 1. The number of thioether (sulfide) groups is 1. The van der Waals surface area contributed by atoms with E-state index in [2.05, 4.69) is 22.5 Å². The van der Waals surface area contributed by atoms with Crippen molar-refractivity contribution in [2.45, 2.75) is 70.2 Å². The van der Waals surface area contributed by atoms with Crippen molar-refractivity contribution in [3.63, 3.8) is 0 Å². The summed E-state index contributed by atoms with van der Waals surface area (Å²) in [5, 5.41) is 16.1. The molecule has 0 radical (unpaired) electrons. The summed E-state index contributed by atoms with van der Waals surface area (Å²) in [7, 11) is 0. The zero-order chi connectivity index (χ0) is 20.8. The molecule has 6 nitrogen and oxygen atoms in total. The fraction of sp³-hybridized carbons (Fsp3) is 0.727. The van der Waals surface area contributed by atoms with Crippen LogP contribution in [0.5, 0.6) is 0 Å². The lowest BCUT2D eigenvalue weighted by Gasteiger charge is -2.40. The van der Waals surface area contributed by atoms with Crippen LogP contribution in [-0.4, -0.2) is 52.1 Å². The molecule has 0 aromatic rings. The van der Waals surface area contributed by atoms with Gasteiger partial charge < -0.3 is 20.6 Å². The molecule has 3 rings (SSSR count). The lowest BCUT2D eigenvalue weighted by Crippen LogP contribution is -2.48. The summed E-state index contributed by atoms with van der Waals surface area (Å²) in [6, 6.07) is 0.301. The minimum absolute atomic E-state index is 0.0475. The highest BCUT2D eigenvalue weighted by Gasteiger charge is 2.34. The van der Waals surface area contributed by atoms with Crippen molar-refractivity contribution in [2.24, 2.45) is 11.8 Å². The third kappa shape index (κ3) is 5.71. The van der Waals surface area contributed by atoms with Crippen molar-refractivity contribution in [2.75, 3.05) is 18.8 Å². The lowest BCUT2D eigenvalue weighted by atomic mass is 9.87. The summed E-state index contributed by atoms with van der Waals surface area (Å²) < 4.78 is 0. The van der Waals surface area contributed by atoms with Crippen LogP contribution in [0.3, 0.4) is 0 Å². The summed E-state index contributed by atoms with van der Waals surface area (Å²) in [5.41, 5.74) is 0.797. The highest BCUT2D eigenvalue weighted by atomic mass is 32.2. The maximum atomic E-state index is 13.0. The predicted molar refractivity (Wildman–Crippen MR) is 117 cm³/mol. The van der Waals surface area contributed by atoms with E-state index in [-0.39, 0.29) is 23.1 Å². The van der Waals surface area contributed by atoms with Gasteiger partial charge in [0.1, 0.15) is 11.2 Å². The number of carboxylic acids is 1. The molecule has 0 aromatic heterocycles. The molecule has 29 heavy (non-hydrogen) atoms. The third-order valence-electron chi connectivity index (χ3n) is 6.24. The first-order valence-electron chi connectivity index (χ1n) is 11.1. The van der Waals surface area contributed by atoms with Gasteiger partial charge in [0.15, 0.2) is 0 Å². The number of carbonyl (C=O) groups is 2. The summed E-state index contributed by atoms with van der Waals surface area (Å²) >= 11 is 1.77. The van der Waals surface area contributed by atoms with Gasteiger partial charge in [-0.2, -0.15) is 0 Å². The number of hydrogen-bond donors (Lipinski definition) is 3. The molecule has 0 aromatic carbocycles. The Morgan fingerprint density at radius 2 is 2.00 bits per heavy atom. The second-order valence-corrected chi connectivity index (χ2v) is 9.75. The highest BCUT2D eigenvalue weighted by Crippen LogP contribution is 2.29. The topological polar surface area (TPSA) is 81.7 Å². The molecule has 7 heteroatoms. The summed E-state index contributed by atoms with van der Waals surface area (Å²) in [5.74, 6) is 1.17. The first kappa shape index (κ1) is 22.1. The van der Waals surface area contributed by atoms with Crippen molar-refractivity contribution < 1.29 is 14.7 Å². The van der Waals surface area contributed by atoms with Crippen molar-refractivity contribution in [3.8, 4) is 0 Å². The Labute approximate surface area is 178 Å². The number of amides is 1. The highest BCUT2D eigenvalue weighted by molar-refractivity contribution is 8.00. The SMILES string of the molecule is CCCSC1NC(N2CCC(C(=O)O)C(C)C2)=CC=C1C(=O)NC1CCCCC1. The van der Waals surface area contributed by atoms with E-state index in [0.29, 0.717) is 12.5 Å². The number of carboxylic acid groups (broad SMARTS) is 1. The van der Waals surface area contributed by atoms with Gasteiger partial charge in [-0.15, -0.1) is 11.8 Å². The maximum Gasteiger partial charge on any atom is 0.306 e. The largest absolute Gasteiger partial charge is 0.481 e. The maximum absolute atomic E-state index is 13.0. The summed E-state index contributed by atoms with van der Waals surface area (Å²) in [6.45, 7) is 5.61. The van der Waals surface area contributed by atoms with Crippen LogP contribution in [0, 0.1) is 11.8 Å². The number of aliphatic carboxylic acids is 1. The van der Waals surface area contributed by atoms with Crippen LogP contribution in [0.1, 0.15) is 58.8 Å². The van der Waals surface area contributed by atoms with Gasteiger partial charge >= 0.3 is 5.97 Å². The number of dihydropyridines is 1. The average molecular weight is 422 g/mol. The summed E-state index contributed by atoms with van der Waals surface area (Å²) in [6.07, 6.45) is 11.5. The summed E-state index contributed by atoms with van der Waals surface area (Å²) in [4.78, 5) is 26.6. The monoisotopic (exact) mass is 421 g/mol. The Hall–Kier alpha value is -1.63. The average Bonchev–Trinajstić information content (AvgIpc) is 2.72. The van der Waals surface area contributed by atoms with Crippen molar-refractivity contribution in [3.05, 3.63) is 23.5 Å². The normalized spacial score (nSPS) is 28.2. The third-order valence-corrected chi connectivity index (χ3v) is 7.59. The number of carbonyl (C=O) groups excluding carboxylic acids is 1. The molecule has 3 aliphatic rings. The Kier molecular flexibility index (Phi) is 7.92. The zero-order valence-corrected chi connectivity index (χ0v) is 18.5. The molecule has 2 fully saturated rings. The standard InChI is InChI=1S/C22H35N3O3S/c1-3-13-29-21-18(20(26)23-16-7-5-4-6-8-16)9-10-19(24-21)25-12-11-17(22(27)28)15(2)14-25/h9-10,15-17,21,24H,3-8,11-14H2,1-2H3,(H,23,26)(H,27,28). The van der Waals surface area contributed by atoms with Gasteiger partial charge in [-0.05, 0) is 49.5 Å². The van der Waals surface area contributed by atoms with E-state index < -0.39 is 5.97 Å². The number of piperidine rings is 1. The van der Waals surface area contributed by atoms with Crippen LogP contribution in [0.2, 0.25) is 0 Å². The molecule has 162 valence electrons. The van der Waals surface area contributed by atoms with E-state index in [1.54, 1.807) is 11.8 Å². The molecule has 1 aliphatic carbocycles. The van der Waals surface area contributed by atoms with Gasteiger partial charge in [0.05, 0.1) is 5.92 Å². The van der Waals surface area contributed by atoms with E-state index in [4.69, 9.17) is 0 Å². The van der Waals surface area contributed by atoms with Gasteiger partial charge in [-0.3, -0.25) is 9.59 Å². The van der Waals surface area contributed by atoms with E-state index >= 15 is 0 Å². The Bertz CT molecular complexity index is 658. The van der Waals surface area contributed by atoms with Crippen LogP contribution >= 0.6 is 11.8 Å². The van der Waals surface area contributed by atoms with Gasteiger partial charge in [-0.1, -0.05) is 33.1 Å². The van der Waals surface area contributed by atoms with Gasteiger partial charge in [0.2, 0.25) is 5.91 Å². The molecule has 3 N–H and O–H groups in total. The zero-order valence-electron chi connectivity index (χ0n) is 17.7. The molecule has 2 aliphatic heterocycles. The Balaban J connectivity index is 1.68. The van der Waals surface area contributed by atoms with E-state index in [0.717, 1.165) is 49.5 Å². The van der Waals surface area contributed by atoms with Crippen LogP contribution in [0.4, 0.5) is 0 Å². The first-order valence-corrected chi connectivity index (χ1v) is 12.1. The number of rotatable bonds is 7. The number of nitrogens with one attached hydrogen (secondary N) is 2. The molecular weight excluding hydrogens is 386 g/mol. The minimum atomic E-state index is -0.694. The fourth-order valence-corrected chi connectivity index (χ4v) is 5.56. The quantitative estimate of drug-likeness (QED) is 0.585. The van der Waals surface area contributed by atoms with E-state index in [9.17, 15) is 14.7 Å². The molecule has 1 saturated heterocycles. The van der Waals surface area contributed by atoms with Crippen molar-refractivity contribution >= 4 is 23.6 Å². The van der Waals surface area contributed by atoms with Gasteiger partial charge in [0.25, 0.3) is 0 Å². The van der Waals surface area contributed by atoms with E-state index in [1.807, 2.05) is 19.1 Å². The van der Waals surface area contributed by atoms with Crippen LogP contribution in [0.25, 0.3) is 0 Å². The Morgan fingerprint density at radius 1 is 1.24 bits per heavy atom. The first-order chi connectivity index (χ1) is 14.0. The van der Waals surface area contributed by atoms with E-state index in [1.165, 1.54) is 19.3 Å². The molecular formula is C22H35N3O3S. The molecule has 0 bridgehead atoms. The van der Waals surface area contributed by atoms with Crippen molar-refractivity contribution in [1.29, 1.82) is 0 Å². The second kappa shape index (κ2) is 10.4. The second-order valence-electron chi connectivity index (χ2n) is 8.53. The minimum Gasteiger partial charge on any atom is -0.481 e. The fourth-order valence-electron chi connectivity index (χ4n) is 4.52. The van der Waals surface area contributed by atoms with Gasteiger partial charge in [0, 0.05) is 24.7 Å².